The zero-order valence-corrected chi connectivity index (χ0v) is 12.9. The van der Waals surface area contributed by atoms with E-state index in [0.29, 0.717) is 28.4 Å². The molecule has 12 heteroatoms. The summed E-state index contributed by atoms with van der Waals surface area (Å²) < 4.78 is 3.63. The zero-order valence-electron chi connectivity index (χ0n) is 12.9. The average Bonchev–Trinajstić information content (AvgIpc) is 3.02. The van der Waals surface area contributed by atoms with Crippen molar-refractivity contribution in [3.8, 4) is 0 Å². The Kier molecular flexibility index (Phi) is 2.25. The molecule has 12 nitrogen and oxygen atoms in total. The highest BCUT2D eigenvalue weighted by molar-refractivity contribution is 6.15. The van der Waals surface area contributed by atoms with Gasteiger partial charge >= 0.3 is 17.5 Å². The average molecular weight is 339 g/mol. The topological polar surface area (TPSA) is 148 Å². The van der Waals surface area contributed by atoms with Gasteiger partial charge in [0.1, 0.15) is 0 Å². The minimum Gasteiger partial charge on any atom is -0.349 e. The van der Waals surface area contributed by atoms with Crippen LogP contribution in [-0.4, -0.2) is 45.4 Å². The Hall–Kier alpha value is -3.57. The lowest BCUT2D eigenvalue weighted by molar-refractivity contribution is -0.904. The van der Waals surface area contributed by atoms with Crippen LogP contribution in [0.1, 0.15) is 17.5 Å². The second-order valence-electron chi connectivity index (χ2n) is 5.60. The van der Waals surface area contributed by atoms with E-state index in [1.165, 1.54) is 20.8 Å². The third-order valence-electron chi connectivity index (χ3n) is 4.46. The molecule has 0 spiro atoms. The number of aromatic nitrogens is 6. The van der Waals surface area contributed by atoms with Crippen LogP contribution in [0, 0.1) is 20.8 Å². The second kappa shape index (κ2) is 3.84. The summed E-state index contributed by atoms with van der Waals surface area (Å²) in [6, 6.07) is 0. The molecule has 0 aliphatic heterocycles. The van der Waals surface area contributed by atoms with E-state index < -0.39 is 0 Å². The molecule has 0 amide bonds. The number of fused-ring (bicyclic) bond motifs is 6. The number of hydrogen-bond donors (Lipinski definition) is 6. The predicted octanol–water partition coefficient (Wildman–Crippen LogP) is -1.24. The van der Waals surface area contributed by atoms with Gasteiger partial charge in [-0.3, -0.25) is 0 Å². The summed E-state index contributed by atoms with van der Waals surface area (Å²) in [6.07, 6.45) is 0. The van der Waals surface area contributed by atoms with Gasteiger partial charge in [-0.2, -0.15) is 0 Å². The third kappa shape index (κ3) is 1.20. The van der Waals surface area contributed by atoms with Gasteiger partial charge in [-0.15, -0.1) is 0 Å². The summed E-state index contributed by atoms with van der Waals surface area (Å²) in [4.78, 5) is 0. The fourth-order valence-electron chi connectivity index (χ4n) is 3.12. The highest BCUT2D eigenvalue weighted by Crippen LogP contribution is 2.31. The van der Waals surface area contributed by atoms with Gasteiger partial charge < -0.3 is 31.2 Å². The molecule has 0 aliphatic rings. The molecule has 3 heterocycles. The van der Waals surface area contributed by atoms with E-state index in [9.17, 15) is 31.2 Å². The molecule has 1 aromatic carbocycles. The van der Waals surface area contributed by atoms with Gasteiger partial charge in [0.2, 0.25) is 0 Å². The number of rotatable bonds is 0. The molecule has 24 heavy (non-hydrogen) atoms. The summed E-state index contributed by atoms with van der Waals surface area (Å²) in [5, 5.41) is 61.7. The van der Waals surface area contributed by atoms with Crippen LogP contribution in [0.4, 0.5) is 0 Å². The summed E-state index contributed by atoms with van der Waals surface area (Å²) in [5.74, 6) is -0.0681. The van der Waals surface area contributed by atoms with E-state index in [-0.39, 0.29) is 50.6 Å². The molecular weight excluding hydrogens is 324 g/mol. The molecule has 0 saturated heterocycles. The number of imidazole rings is 3. The molecule has 0 radical (unpaired) electrons. The highest BCUT2D eigenvalue weighted by Gasteiger charge is 2.44. The predicted molar refractivity (Wildman–Crippen MR) is 70.8 cm³/mol. The zero-order chi connectivity index (χ0) is 17.7. The molecule has 0 atom stereocenters. The first-order valence-corrected chi connectivity index (χ1v) is 6.88. The molecule has 0 bridgehead atoms. The first-order valence-electron chi connectivity index (χ1n) is 6.88. The molecule has 6 N–H and O–H groups in total. The van der Waals surface area contributed by atoms with Crippen molar-refractivity contribution in [2.24, 2.45) is 0 Å². The Balaban J connectivity index is 2.59. The molecule has 4 aromatic rings. The van der Waals surface area contributed by atoms with Gasteiger partial charge in [-0.1, -0.05) is 0 Å². The SMILES string of the molecule is Cc1n(O)c2c3c(c4c(c2[n+]1O)n(O)c(C)[n+]4O)[n+](O)c(C)n3O. The lowest BCUT2D eigenvalue weighted by Crippen LogP contribution is -2.38. The number of benzene rings is 1. The van der Waals surface area contributed by atoms with Gasteiger partial charge in [0, 0.05) is 20.8 Å². The van der Waals surface area contributed by atoms with Crippen LogP contribution in [0.2, 0.25) is 0 Å². The summed E-state index contributed by atoms with van der Waals surface area (Å²) in [5.41, 5.74) is -0.476. The first-order chi connectivity index (χ1) is 11.2. The standard InChI is InChI=1S/C12H15N6O6/c1-4-13(19)7-8(14(4)20)10-12(18(24)6(3)16(10)22)11-9(7)15(21)5(2)17(11)23/h19-24H,1-3H3/q+3. The van der Waals surface area contributed by atoms with Crippen molar-refractivity contribution in [1.82, 2.24) is 14.2 Å². The molecule has 126 valence electrons. The highest BCUT2D eigenvalue weighted by atomic mass is 16.5. The molecule has 0 aliphatic carbocycles. The van der Waals surface area contributed by atoms with Crippen molar-refractivity contribution >= 4 is 33.1 Å². The summed E-state index contributed by atoms with van der Waals surface area (Å²) >= 11 is 0. The normalized spacial score (nSPS) is 12.1. The summed E-state index contributed by atoms with van der Waals surface area (Å²) in [6.45, 7) is 4.19. The van der Waals surface area contributed by atoms with E-state index in [1.807, 2.05) is 0 Å². The lowest BCUT2D eigenvalue weighted by atomic mass is 10.2. The Morgan fingerprint density at radius 1 is 0.542 bits per heavy atom. The van der Waals surface area contributed by atoms with Crippen LogP contribution in [-0.2, 0) is 0 Å². The molecule has 0 saturated carbocycles. The van der Waals surface area contributed by atoms with Crippen molar-refractivity contribution in [3.05, 3.63) is 17.5 Å². The maximum absolute atomic E-state index is 10.3. The van der Waals surface area contributed by atoms with E-state index in [4.69, 9.17) is 0 Å². The Bertz CT molecular complexity index is 934. The van der Waals surface area contributed by atoms with Crippen molar-refractivity contribution < 1.29 is 45.4 Å². The van der Waals surface area contributed by atoms with Gasteiger partial charge in [0.05, 0.1) is 0 Å². The minimum absolute atomic E-state index is 0.0227. The Labute approximate surface area is 132 Å². The van der Waals surface area contributed by atoms with Gasteiger partial charge in [0.15, 0.2) is 0 Å². The van der Waals surface area contributed by atoms with Crippen LogP contribution in [0.3, 0.4) is 0 Å². The Morgan fingerprint density at radius 3 is 1.29 bits per heavy atom. The molecule has 3 aromatic heterocycles. The van der Waals surface area contributed by atoms with E-state index in [2.05, 4.69) is 0 Å². The van der Waals surface area contributed by atoms with Gasteiger partial charge in [-0.25, -0.2) is 0 Å². The second-order valence-corrected chi connectivity index (χ2v) is 5.60. The largest absolute Gasteiger partial charge is 0.349 e. The van der Waals surface area contributed by atoms with Crippen molar-refractivity contribution in [1.29, 1.82) is 0 Å². The van der Waals surface area contributed by atoms with Crippen LogP contribution in [0.15, 0.2) is 0 Å². The van der Waals surface area contributed by atoms with Crippen molar-refractivity contribution in [2.75, 3.05) is 0 Å². The maximum Gasteiger partial charge on any atom is 0.333 e. The van der Waals surface area contributed by atoms with Crippen molar-refractivity contribution in [3.63, 3.8) is 0 Å². The van der Waals surface area contributed by atoms with E-state index in [1.54, 1.807) is 0 Å². The van der Waals surface area contributed by atoms with Crippen LogP contribution in [0.25, 0.3) is 33.1 Å². The maximum atomic E-state index is 10.3. The molecule has 0 unspecified atom stereocenters. The van der Waals surface area contributed by atoms with Crippen molar-refractivity contribution in [2.45, 2.75) is 20.8 Å². The fourth-order valence-corrected chi connectivity index (χ4v) is 3.12. The monoisotopic (exact) mass is 339 g/mol. The Morgan fingerprint density at radius 2 is 0.833 bits per heavy atom. The van der Waals surface area contributed by atoms with Crippen LogP contribution < -0.4 is 14.2 Å². The van der Waals surface area contributed by atoms with Gasteiger partial charge in [0.25, 0.3) is 33.1 Å². The number of hydrogen-bond acceptors (Lipinski definition) is 6. The quantitative estimate of drug-likeness (QED) is 0.174. The molecular formula is C12H15N6O6+3. The fraction of sp³-hybridized carbons (Fsp3) is 0.250. The molecule has 4 rings (SSSR count). The third-order valence-corrected chi connectivity index (χ3v) is 4.46. The number of nitrogens with zero attached hydrogens (tertiary/aromatic N) is 6. The van der Waals surface area contributed by atoms with Crippen LogP contribution >= 0.6 is 0 Å². The minimum atomic E-state index is -0.0794. The van der Waals surface area contributed by atoms with Gasteiger partial charge in [-0.05, 0) is 28.4 Å². The van der Waals surface area contributed by atoms with E-state index in [0.717, 1.165) is 0 Å². The summed E-state index contributed by atoms with van der Waals surface area (Å²) in [7, 11) is 0. The lowest BCUT2D eigenvalue weighted by Gasteiger charge is -1.90. The molecule has 0 fully saturated rings. The first kappa shape index (κ1) is 14.0. The van der Waals surface area contributed by atoms with E-state index >= 15 is 0 Å². The smallest absolute Gasteiger partial charge is 0.333 e. The van der Waals surface area contributed by atoms with Crippen LogP contribution in [0.5, 0.6) is 0 Å².